The Labute approximate surface area is 223 Å². The molecule has 5 heteroatoms. The van der Waals surface area contributed by atoms with Crippen molar-refractivity contribution in [2.75, 3.05) is 4.90 Å². The maximum atomic E-state index is 5.47. The highest BCUT2D eigenvalue weighted by molar-refractivity contribution is 8.00. The van der Waals surface area contributed by atoms with E-state index in [0.717, 1.165) is 45.5 Å². The number of rotatable bonds is 0. The molecule has 0 saturated carbocycles. The van der Waals surface area contributed by atoms with Gasteiger partial charge in [0.25, 0.3) is 5.84 Å². The van der Waals surface area contributed by atoms with Crippen molar-refractivity contribution in [1.29, 1.82) is 0 Å². The van der Waals surface area contributed by atoms with E-state index in [-0.39, 0.29) is 0 Å². The van der Waals surface area contributed by atoms with Crippen molar-refractivity contribution in [2.45, 2.75) is 19.6 Å². The van der Waals surface area contributed by atoms with Crippen molar-refractivity contribution in [1.82, 2.24) is 4.58 Å². The van der Waals surface area contributed by atoms with Crippen molar-refractivity contribution in [3.63, 3.8) is 0 Å². The SMILES string of the molecule is c1ccc2c(c1)Sc1ccccc1N2C1=NC(=[N+]2c3ccccc3Sc3ccccc32)c2ccccc21. The van der Waals surface area contributed by atoms with Gasteiger partial charge >= 0.3 is 5.84 Å². The third kappa shape index (κ3) is 3.18. The Bertz CT molecular complexity index is 1710. The molecule has 0 bridgehead atoms. The minimum absolute atomic E-state index is 0.957. The van der Waals surface area contributed by atoms with E-state index < -0.39 is 0 Å². The lowest BCUT2D eigenvalue weighted by molar-refractivity contribution is 0.993. The first-order valence-electron chi connectivity index (χ1n) is 12.2. The molecule has 3 heterocycles. The number of anilines is 2. The van der Waals surface area contributed by atoms with E-state index in [9.17, 15) is 0 Å². The molecule has 174 valence electrons. The number of hydrogen-bond donors (Lipinski definition) is 0. The molecule has 0 unspecified atom stereocenters. The largest absolute Gasteiger partial charge is 0.339 e. The van der Waals surface area contributed by atoms with E-state index in [0.29, 0.717) is 0 Å². The van der Waals surface area contributed by atoms with Gasteiger partial charge in [0.2, 0.25) is 0 Å². The van der Waals surface area contributed by atoms with Gasteiger partial charge in [0.15, 0.2) is 0 Å². The molecule has 3 aliphatic rings. The number of hydrogen-bond acceptors (Lipinski definition) is 3. The van der Waals surface area contributed by atoms with Crippen LogP contribution in [0.4, 0.5) is 22.7 Å². The fraction of sp³-hybridized carbons (Fsp3) is 0. The fourth-order valence-corrected chi connectivity index (χ4v) is 7.42. The van der Waals surface area contributed by atoms with Crippen molar-refractivity contribution in [3.05, 3.63) is 132 Å². The normalized spacial score (nSPS) is 14.8. The molecule has 0 aromatic heterocycles. The second kappa shape index (κ2) is 8.23. The summed E-state index contributed by atoms with van der Waals surface area (Å²) in [6, 6.07) is 43.1. The number of nitrogens with zero attached hydrogens (tertiary/aromatic N) is 3. The molecule has 0 radical (unpaired) electrons. The predicted octanol–water partition coefficient (Wildman–Crippen LogP) is 8.50. The topological polar surface area (TPSA) is 18.6 Å². The maximum absolute atomic E-state index is 5.47. The molecule has 0 spiro atoms. The summed E-state index contributed by atoms with van der Waals surface area (Å²) in [7, 11) is 0. The van der Waals surface area contributed by atoms with Crippen molar-refractivity contribution in [2.24, 2.45) is 4.99 Å². The molecule has 37 heavy (non-hydrogen) atoms. The minimum Gasteiger partial charge on any atom is -0.271 e. The zero-order chi connectivity index (χ0) is 24.3. The molecule has 0 aliphatic carbocycles. The first kappa shape index (κ1) is 21.1. The van der Waals surface area contributed by atoms with Crippen LogP contribution in [-0.4, -0.2) is 11.7 Å². The van der Waals surface area contributed by atoms with Gasteiger partial charge in [-0.1, -0.05) is 84.2 Å². The Morgan fingerprint density at radius 3 is 1.57 bits per heavy atom. The summed E-state index contributed by atoms with van der Waals surface area (Å²) in [6.45, 7) is 0. The zero-order valence-electron chi connectivity index (χ0n) is 19.7. The highest BCUT2D eigenvalue weighted by Crippen LogP contribution is 2.50. The van der Waals surface area contributed by atoms with Gasteiger partial charge in [0.1, 0.15) is 11.4 Å². The number of aliphatic imine (C=N–C) groups is 1. The third-order valence-corrected chi connectivity index (χ3v) is 9.17. The van der Waals surface area contributed by atoms with Crippen LogP contribution in [0.2, 0.25) is 0 Å². The van der Waals surface area contributed by atoms with E-state index in [1.165, 1.54) is 19.6 Å². The molecule has 5 aromatic carbocycles. The maximum Gasteiger partial charge on any atom is 0.339 e. The summed E-state index contributed by atoms with van der Waals surface area (Å²) in [5, 5.41) is 0. The van der Waals surface area contributed by atoms with E-state index in [4.69, 9.17) is 4.99 Å². The monoisotopic (exact) mass is 510 g/mol. The average molecular weight is 511 g/mol. The van der Waals surface area contributed by atoms with Gasteiger partial charge in [-0.2, -0.15) is 4.58 Å². The first-order valence-corrected chi connectivity index (χ1v) is 13.9. The second-order valence-corrected chi connectivity index (χ2v) is 11.2. The van der Waals surface area contributed by atoms with E-state index >= 15 is 0 Å². The highest BCUT2D eigenvalue weighted by atomic mass is 32.2. The van der Waals surface area contributed by atoms with Crippen LogP contribution in [0.5, 0.6) is 0 Å². The lowest BCUT2D eigenvalue weighted by atomic mass is 10.1. The number of benzene rings is 5. The Balaban J connectivity index is 1.45. The summed E-state index contributed by atoms with van der Waals surface area (Å²) in [5.41, 5.74) is 6.93. The van der Waals surface area contributed by atoms with Crippen LogP contribution in [0.25, 0.3) is 0 Å². The van der Waals surface area contributed by atoms with E-state index in [2.05, 4.69) is 131 Å². The van der Waals surface area contributed by atoms with Crippen LogP contribution in [-0.2, 0) is 0 Å². The average Bonchev–Trinajstić information content (AvgIpc) is 3.33. The Morgan fingerprint density at radius 1 is 0.486 bits per heavy atom. The summed E-state index contributed by atoms with van der Waals surface area (Å²) in [4.78, 5) is 12.7. The predicted molar refractivity (Wildman–Crippen MR) is 155 cm³/mol. The molecule has 0 amide bonds. The number of para-hydroxylation sites is 4. The van der Waals surface area contributed by atoms with Gasteiger partial charge in [-0.3, -0.25) is 4.90 Å². The Morgan fingerprint density at radius 2 is 0.946 bits per heavy atom. The summed E-state index contributed by atoms with van der Waals surface area (Å²) in [5.74, 6) is 1.91. The van der Waals surface area contributed by atoms with Crippen molar-refractivity contribution in [3.8, 4) is 0 Å². The standard InChI is InChI=1S/C32H20N3S2/c1-2-12-22-21(11-1)31(34-23-13-3-7-17-27(23)36-28-18-8-4-14-24(28)34)33-32(22)35-25-15-5-9-19-29(25)37-30-20-10-6-16-26(30)35/h1-20H/q+1. The van der Waals surface area contributed by atoms with Gasteiger partial charge in [-0.25, -0.2) is 0 Å². The van der Waals surface area contributed by atoms with Crippen LogP contribution in [0.15, 0.2) is 146 Å². The molecule has 0 atom stereocenters. The smallest absolute Gasteiger partial charge is 0.271 e. The fourth-order valence-electron chi connectivity index (χ4n) is 5.30. The van der Waals surface area contributed by atoms with Gasteiger partial charge in [0.05, 0.1) is 32.3 Å². The number of amidine groups is 2. The van der Waals surface area contributed by atoms with Gasteiger partial charge in [-0.15, -0.1) is 0 Å². The summed E-state index contributed by atoms with van der Waals surface area (Å²) < 4.78 is 2.34. The third-order valence-electron chi connectivity index (χ3n) is 6.91. The molecular formula is C32H20N3S2+. The second-order valence-electron chi connectivity index (χ2n) is 9.05. The highest BCUT2D eigenvalue weighted by Gasteiger charge is 2.41. The van der Waals surface area contributed by atoms with Gasteiger partial charge < -0.3 is 0 Å². The van der Waals surface area contributed by atoms with Crippen LogP contribution < -0.4 is 9.48 Å². The Kier molecular flexibility index (Phi) is 4.69. The molecule has 0 fully saturated rings. The van der Waals surface area contributed by atoms with Crippen LogP contribution in [0.1, 0.15) is 11.1 Å². The zero-order valence-corrected chi connectivity index (χ0v) is 21.3. The van der Waals surface area contributed by atoms with E-state index in [1.807, 2.05) is 23.5 Å². The van der Waals surface area contributed by atoms with Crippen molar-refractivity contribution < 1.29 is 0 Å². The van der Waals surface area contributed by atoms with Crippen LogP contribution in [0.3, 0.4) is 0 Å². The molecular weight excluding hydrogens is 491 g/mol. The molecule has 5 aromatic rings. The molecule has 8 rings (SSSR count). The quantitative estimate of drug-likeness (QED) is 0.191. The molecule has 3 aliphatic heterocycles. The van der Waals surface area contributed by atoms with Gasteiger partial charge in [-0.05, 0) is 65.7 Å². The summed E-state index contributed by atoms with van der Waals surface area (Å²) >= 11 is 3.64. The molecule has 0 N–H and O–H groups in total. The Hall–Kier alpha value is -4.06. The lowest BCUT2D eigenvalue weighted by Crippen LogP contribution is -2.28. The van der Waals surface area contributed by atoms with E-state index in [1.54, 1.807) is 0 Å². The van der Waals surface area contributed by atoms with Crippen molar-refractivity contribution >= 4 is 57.9 Å². The van der Waals surface area contributed by atoms with Crippen LogP contribution >= 0.6 is 23.5 Å². The molecule has 0 saturated heterocycles. The first-order chi connectivity index (χ1) is 18.4. The lowest BCUT2D eigenvalue weighted by Gasteiger charge is -2.30. The minimum atomic E-state index is 0.957. The van der Waals surface area contributed by atoms with Crippen LogP contribution in [0, 0.1) is 0 Å². The summed E-state index contributed by atoms with van der Waals surface area (Å²) in [6.07, 6.45) is 0. The molecule has 3 nitrogen and oxygen atoms in total. The van der Waals surface area contributed by atoms with Gasteiger partial charge in [0, 0.05) is 9.79 Å². The number of fused-ring (bicyclic) bond motifs is 5.